The predicted octanol–water partition coefficient (Wildman–Crippen LogP) is 3.59. The Balaban J connectivity index is 1.71. The molecule has 5 nitrogen and oxygen atoms in total. The molecule has 138 valence electrons. The Morgan fingerprint density at radius 2 is 1.77 bits per heavy atom. The van der Waals surface area contributed by atoms with Gasteiger partial charge >= 0.3 is 6.18 Å². The molecule has 0 spiro atoms. The van der Waals surface area contributed by atoms with Gasteiger partial charge in [0.2, 0.25) is 10.0 Å². The van der Waals surface area contributed by atoms with Crippen molar-refractivity contribution in [2.75, 3.05) is 6.54 Å². The van der Waals surface area contributed by atoms with Crippen molar-refractivity contribution in [1.82, 2.24) is 14.5 Å². The summed E-state index contributed by atoms with van der Waals surface area (Å²) in [4.78, 5) is -0.219. The highest BCUT2D eigenvalue weighted by Gasteiger charge is 2.30. The summed E-state index contributed by atoms with van der Waals surface area (Å²) in [5.41, 5.74) is -0.0991. The average molecular weight is 383 g/mol. The minimum atomic E-state index is -4.51. The Labute approximate surface area is 148 Å². The smallest absolute Gasteiger partial charge is 0.267 e. The Hall–Kier alpha value is -2.39. The summed E-state index contributed by atoms with van der Waals surface area (Å²) in [7, 11) is -3.91. The number of alkyl halides is 3. The van der Waals surface area contributed by atoms with Crippen molar-refractivity contribution in [3.63, 3.8) is 0 Å². The lowest BCUT2D eigenvalue weighted by molar-refractivity contribution is -0.137. The number of nitrogens with zero attached hydrogens (tertiary/aromatic N) is 2. The SMILES string of the molecule is CC(CNS(=O)(=O)c1ccc(C(F)(F)F)cc1)n1cc2ccccc2n1. The normalized spacial score (nSPS) is 13.8. The number of hydrogen-bond acceptors (Lipinski definition) is 3. The summed E-state index contributed by atoms with van der Waals surface area (Å²) < 4.78 is 66.3. The van der Waals surface area contributed by atoms with Gasteiger partial charge in [-0.25, -0.2) is 13.1 Å². The molecule has 0 amide bonds. The lowest BCUT2D eigenvalue weighted by Crippen LogP contribution is -2.30. The van der Waals surface area contributed by atoms with Crippen molar-refractivity contribution in [3.05, 3.63) is 60.3 Å². The molecule has 0 radical (unpaired) electrons. The number of benzene rings is 2. The van der Waals surface area contributed by atoms with E-state index in [2.05, 4.69) is 9.82 Å². The maximum Gasteiger partial charge on any atom is 0.416 e. The number of halogens is 3. The van der Waals surface area contributed by atoms with Crippen LogP contribution < -0.4 is 4.72 Å². The lowest BCUT2D eigenvalue weighted by Gasteiger charge is -2.14. The van der Waals surface area contributed by atoms with E-state index >= 15 is 0 Å². The van der Waals surface area contributed by atoms with Crippen molar-refractivity contribution >= 4 is 20.9 Å². The van der Waals surface area contributed by atoms with Crippen LogP contribution in [0.1, 0.15) is 18.5 Å². The van der Waals surface area contributed by atoms with Gasteiger partial charge in [0, 0.05) is 18.1 Å². The molecule has 1 heterocycles. The molecule has 2 aromatic carbocycles. The quantitative estimate of drug-likeness (QED) is 0.732. The standard InChI is InChI=1S/C17H16F3N3O2S/c1-12(23-11-13-4-2-3-5-16(13)22-23)10-21-26(24,25)15-8-6-14(7-9-15)17(18,19)20/h2-9,11-12,21H,10H2,1H3. The van der Waals surface area contributed by atoms with Crippen LogP contribution in [0.5, 0.6) is 0 Å². The fraction of sp³-hybridized carbons (Fsp3) is 0.235. The highest BCUT2D eigenvalue weighted by molar-refractivity contribution is 7.89. The molecule has 0 fully saturated rings. The van der Waals surface area contributed by atoms with Gasteiger partial charge in [-0.05, 0) is 37.3 Å². The molecule has 0 aliphatic heterocycles. The first kappa shape index (κ1) is 18.4. The highest BCUT2D eigenvalue weighted by Crippen LogP contribution is 2.29. The largest absolute Gasteiger partial charge is 0.416 e. The second-order valence-electron chi connectivity index (χ2n) is 5.89. The Morgan fingerprint density at radius 3 is 2.38 bits per heavy atom. The topological polar surface area (TPSA) is 64.0 Å². The van der Waals surface area contributed by atoms with E-state index in [1.54, 1.807) is 11.6 Å². The zero-order chi connectivity index (χ0) is 18.9. The summed E-state index contributed by atoms with van der Waals surface area (Å²) in [5, 5.41) is 5.32. The second kappa shape index (κ2) is 6.73. The number of fused-ring (bicyclic) bond motifs is 1. The van der Waals surface area contributed by atoms with Crippen LogP contribution in [-0.2, 0) is 16.2 Å². The van der Waals surface area contributed by atoms with Crippen LogP contribution in [0.15, 0.2) is 59.6 Å². The minimum Gasteiger partial charge on any atom is -0.267 e. The first-order valence-electron chi connectivity index (χ1n) is 7.78. The first-order valence-corrected chi connectivity index (χ1v) is 9.26. The molecule has 0 aliphatic carbocycles. The Kier molecular flexibility index (Phi) is 4.76. The minimum absolute atomic E-state index is 0.0529. The molecule has 3 rings (SSSR count). The van der Waals surface area contributed by atoms with Crippen molar-refractivity contribution in [2.24, 2.45) is 0 Å². The molecule has 0 aliphatic rings. The third-order valence-corrected chi connectivity index (χ3v) is 5.38. The van der Waals surface area contributed by atoms with E-state index in [0.717, 1.165) is 35.2 Å². The summed E-state index contributed by atoms with van der Waals surface area (Å²) in [6.07, 6.45) is -2.70. The van der Waals surface area contributed by atoms with E-state index in [4.69, 9.17) is 0 Å². The van der Waals surface area contributed by atoms with Crippen molar-refractivity contribution in [1.29, 1.82) is 0 Å². The van der Waals surface area contributed by atoms with Gasteiger partial charge in [-0.15, -0.1) is 0 Å². The van der Waals surface area contributed by atoms with Crippen LogP contribution in [-0.4, -0.2) is 24.7 Å². The molecule has 26 heavy (non-hydrogen) atoms. The monoisotopic (exact) mass is 383 g/mol. The van der Waals surface area contributed by atoms with Crippen molar-refractivity contribution in [3.8, 4) is 0 Å². The fourth-order valence-corrected chi connectivity index (χ4v) is 3.56. The molecule has 0 saturated carbocycles. The third-order valence-electron chi connectivity index (χ3n) is 3.94. The highest BCUT2D eigenvalue weighted by atomic mass is 32.2. The van der Waals surface area contributed by atoms with Crippen LogP contribution in [0.25, 0.3) is 10.9 Å². The van der Waals surface area contributed by atoms with Crippen LogP contribution in [0.3, 0.4) is 0 Å². The van der Waals surface area contributed by atoms with E-state index in [9.17, 15) is 21.6 Å². The summed E-state index contributed by atoms with van der Waals surface area (Å²) in [6.45, 7) is 1.85. The van der Waals surface area contributed by atoms with Gasteiger partial charge in [0.15, 0.2) is 0 Å². The predicted molar refractivity (Wildman–Crippen MR) is 91.1 cm³/mol. The second-order valence-corrected chi connectivity index (χ2v) is 7.66. The molecule has 1 N–H and O–H groups in total. The van der Waals surface area contributed by atoms with E-state index in [1.807, 2.05) is 30.5 Å². The number of nitrogens with one attached hydrogen (secondary N) is 1. The average Bonchev–Trinajstić information content (AvgIpc) is 3.03. The van der Waals surface area contributed by atoms with Gasteiger partial charge < -0.3 is 0 Å². The van der Waals surface area contributed by atoms with Gasteiger partial charge in [0.25, 0.3) is 0 Å². The van der Waals surface area contributed by atoms with Crippen LogP contribution >= 0.6 is 0 Å². The van der Waals surface area contributed by atoms with Crippen LogP contribution in [0, 0.1) is 0 Å². The zero-order valence-electron chi connectivity index (χ0n) is 13.7. The van der Waals surface area contributed by atoms with Gasteiger partial charge in [-0.1, -0.05) is 18.2 Å². The maximum atomic E-state index is 12.6. The van der Waals surface area contributed by atoms with Crippen molar-refractivity contribution in [2.45, 2.75) is 24.0 Å². The molecule has 1 unspecified atom stereocenters. The summed E-state index contributed by atoms with van der Waals surface area (Å²) in [6, 6.07) is 10.6. The van der Waals surface area contributed by atoms with E-state index in [-0.39, 0.29) is 17.5 Å². The molecule has 1 aromatic heterocycles. The number of hydrogen-bond donors (Lipinski definition) is 1. The molecule has 1 atom stereocenters. The van der Waals surface area contributed by atoms with Crippen LogP contribution in [0.4, 0.5) is 13.2 Å². The summed E-state index contributed by atoms with van der Waals surface area (Å²) in [5.74, 6) is 0. The van der Waals surface area contributed by atoms with Gasteiger partial charge in [0.05, 0.1) is 22.0 Å². The molecule has 0 bridgehead atoms. The van der Waals surface area contributed by atoms with E-state index in [1.165, 1.54) is 0 Å². The lowest BCUT2D eigenvalue weighted by atomic mass is 10.2. The van der Waals surface area contributed by atoms with E-state index < -0.39 is 21.8 Å². The Bertz CT molecular complexity index is 979. The first-order chi connectivity index (χ1) is 12.2. The molecule has 0 saturated heterocycles. The Morgan fingerprint density at radius 1 is 1.12 bits per heavy atom. The molecule has 3 aromatic rings. The molecular weight excluding hydrogens is 367 g/mol. The maximum absolute atomic E-state index is 12.6. The van der Waals surface area contributed by atoms with Crippen LogP contribution in [0.2, 0.25) is 0 Å². The number of rotatable bonds is 5. The fourth-order valence-electron chi connectivity index (χ4n) is 2.44. The van der Waals surface area contributed by atoms with Gasteiger partial charge in [-0.3, -0.25) is 4.68 Å². The van der Waals surface area contributed by atoms with Gasteiger partial charge in [-0.2, -0.15) is 18.3 Å². The van der Waals surface area contributed by atoms with Crippen molar-refractivity contribution < 1.29 is 21.6 Å². The third kappa shape index (κ3) is 3.88. The molecular formula is C17H16F3N3O2S. The summed E-state index contributed by atoms with van der Waals surface area (Å²) >= 11 is 0. The zero-order valence-corrected chi connectivity index (χ0v) is 14.6. The molecule has 9 heteroatoms. The number of aromatic nitrogens is 2. The number of sulfonamides is 1. The van der Waals surface area contributed by atoms with E-state index in [0.29, 0.717) is 0 Å². The van der Waals surface area contributed by atoms with Gasteiger partial charge in [0.1, 0.15) is 0 Å².